The SMILES string of the molecule is Cc1nc2cc(CCC3CCNC3)ccc2n1C. The van der Waals surface area contributed by atoms with Gasteiger partial charge in [-0.15, -0.1) is 0 Å². The zero-order valence-corrected chi connectivity index (χ0v) is 11.2. The maximum atomic E-state index is 4.60. The van der Waals surface area contributed by atoms with Gasteiger partial charge in [0.2, 0.25) is 0 Å². The van der Waals surface area contributed by atoms with Gasteiger partial charge in [0.15, 0.2) is 0 Å². The molecular formula is C15H21N3. The number of imidazole rings is 1. The number of nitrogens with one attached hydrogen (secondary N) is 1. The van der Waals surface area contributed by atoms with Gasteiger partial charge in [-0.05, 0) is 62.9 Å². The summed E-state index contributed by atoms with van der Waals surface area (Å²) in [5, 5.41) is 3.43. The van der Waals surface area contributed by atoms with Crippen molar-refractivity contribution in [1.29, 1.82) is 0 Å². The second-order valence-corrected chi connectivity index (χ2v) is 5.44. The first-order valence-corrected chi connectivity index (χ1v) is 6.87. The fourth-order valence-corrected chi connectivity index (χ4v) is 2.85. The van der Waals surface area contributed by atoms with Crippen molar-refractivity contribution in [2.75, 3.05) is 13.1 Å². The van der Waals surface area contributed by atoms with Gasteiger partial charge in [-0.2, -0.15) is 0 Å². The van der Waals surface area contributed by atoms with Crippen LogP contribution in [0.5, 0.6) is 0 Å². The van der Waals surface area contributed by atoms with E-state index in [9.17, 15) is 0 Å². The fraction of sp³-hybridized carbons (Fsp3) is 0.533. The Morgan fingerprint density at radius 3 is 3.11 bits per heavy atom. The molecule has 2 heterocycles. The highest BCUT2D eigenvalue weighted by atomic mass is 15.0. The largest absolute Gasteiger partial charge is 0.331 e. The van der Waals surface area contributed by atoms with Crippen LogP contribution in [0.1, 0.15) is 24.2 Å². The van der Waals surface area contributed by atoms with Crippen molar-refractivity contribution in [3.8, 4) is 0 Å². The Kier molecular flexibility index (Phi) is 3.08. The van der Waals surface area contributed by atoms with Crippen molar-refractivity contribution < 1.29 is 0 Å². The van der Waals surface area contributed by atoms with Crippen LogP contribution in [0.2, 0.25) is 0 Å². The molecule has 1 unspecified atom stereocenters. The summed E-state index contributed by atoms with van der Waals surface area (Å²) in [5.41, 5.74) is 3.79. The highest BCUT2D eigenvalue weighted by Crippen LogP contribution is 2.20. The predicted octanol–water partition coefficient (Wildman–Crippen LogP) is 2.42. The smallest absolute Gasteiger partial charge is 0.106 e. The monoisotopic (exact) mass is 243 g/mol. The minimum Gasteiger partial charge on any atom is -0.331 e. The number of hydrogen-bond acceptors (Lipinski definition) is 2. The van der Waals surface area contributed by atoms with Crippen LogP contribution >= 0.6 is 0 Å². The molecule has 1 aliphatic rings. The summed E-state index contributed by atoms with van der Waals surface area (Å²) < 4.78 is 2.15. The van der Waals surface area contributed by atoms with Crippen LogP contribution in [0.3, 0.4) is 0 Å². The van der Waals surface area contributed by atoms with Gasteiger partial charge in [0.1, 0.15) is 5.82 Å². The highest BCUT2D eigenvalue weighted by molar-refractivity contribution is 5.76. The van der Waals surface area contributed by atoms with E-state index in [1.165, 1.54) is 43.4 Å². The van der Waals surface area contributed by atoms with Crippen molar-refractivity contribution in [3.63, 3.8) is 0 Å². The van der Waals surface area contributed by atoms with Crippen molar-refractivity contribution >= 4 is 11.0 Å². The molecule has 1 N–H and O–H groups in total. The summed E-state index contributed by atoms with van der Waals surface area (Å²) in [6, 6.07) is 6.72. The predicted molar refractivity (Wildman–Crippen MR) is 74.7 cm³/mol. The zero-order valence-electron chi connectivity index (χ0n) is 11.2. The van der Waals surface area contributed by atoms with E-state index in [0.717, 1.165) is 17.3 Å². The van der Waals surface area contributed by atoms with E-state index >= 15 is 0 Å². The molecule has 1 fully saturated rings. The molecule has 0 radical (unpaired) electrons. The lowest BCUT2D eigenvalue weighted by molar-refractivity contribution is 0.533. The van der Waals surface area contributed by atoms with Gasteiger partial charge in [-0.1, -0.05) is 6.07 Å². The standard InChI is InChI=1S/C15H21N3/c1-11-17-14-9-12(5-6-15(14)18(11)2)3-4-13-7-8-16-10-13/h5-6,9,13,16H,3-4,7-8,10H2,1-2H3. The summed E-state index contributed by atoms with van der Waals surface area (Å²) in [6.45, 7) is 4.46. The Morgan fingerprint density at radius 2 is 2.33 bits per heavy atom. The number of rotatable bonds is 3. The van der Waals surface area contributed by atoms with Gasteiger partial charge >= 0.3 is 0 Å². The van der Waals surface area contributed by atoms with Crippen molar-refractivity contribution in [2.45, 2.75) is 26.2 Å². The van der Waals surface area contributed by atoms with Crippen LogP contribution in [-0.4, -0.2) is 22.6 Å². The molecule has 0 saturated carbocycles. The Hall–Kier alpha value is -1.35. The Bertz CT molecular complexity index is 550. The molecule has 0 amide bonds. The van der Waals surface area contributed by atoms with Gasteiger partial charge in [-0.3, -0.25) is 0 Å². The normalized spacial score (nSPS) is 19.8. The third-order valence-electron chi connectivity index (χ3n) is 4.17. The summed E-state index contributed by atoms with van der Waals surface area (Å²) in [4.78, 5) is 4.60. The first-order valence-electron chi connectivity index (χ1n) is 6.87. The zero-order chi connectivity index (χ0) is 12.5. The van der Waals surface area contributed by atoms with Crippen LogP contribution in [0.4, 0.5) is 0 Å². The second kappa shape index (κ2) is 4.73. The number of benzene rings is 1. The summed E-state index contributed by atoms with van der Waals surface area (Å²) >= 11 is 0. The van der Waals surface area contributed by atoms with Gasteiger partial charge in [-0.25, -0.2) is 4.98 Å². The molecule has 96 valence electrons. The third-order valence-corrected chi connectivity index (χ3v) is 4.17. The Balaban J connectivity index is 1.76. The first kappa shape index (κ1) is 11.7. The Labute approximate surface area is 108 Å². The molecule has 1 atom stereocenters. The van der Waals surface area contributed by atoms with Crippen LogP contribution < -0.4 is 5.32 Å². The molecule has 0 aliphatic carbocycles. The Morgan fingerprint density at radius 1 is 1.44 bits per heavy atom. The average molecular weight is 243 g/mol. The highest BCUT2D eigenvalue weighted by Gasteiger charge is 2.14. The molecule has 2 aromatic rings. The lowest BCUT2D eigenvalue weighted by Gasteiger charge is -2.07. The molecule has 3 heteroatoms. The van der Waals surface area contributed by atoms with Crippen LogP contribution in [0, 0.1) is 12.8 Å². The minimum atomic E-state index is 0.867. The maximum absolute atomic E-state index is 4.60. The molecule has 1 aromatic carbocycles. The van der Waals surface area contributed by atoms with Crippen LogP contribution in [-0.2, 0) is 13.5 Å². The topological polar surface area (TPSA) is 29.9 Å². The lowest BCUT2D eigenvalue weighted by atomic mass is 9.99. The van der Waals surface area contributed by atoms with Gasteiger partial charge in [0.05, 0.1) is 11.0 Å². The summed E-state index contributed by atoms with van der Waals surface area (Å²) in [6.07, 6.45) is 3.81. The van der Waals surface area contributed by atoms with Crippen molar-refractivity contribution in [3.05, 3.63) is 29.6 Å². The van der Waals surface area contributed by atoms with E-state index < -0.39 is 0 Å². The first-order chi connectivity index (χ1) is 8.74. The number of hydrogen-bond donors (Lipinski definition) is 1. The van der Waals surface area contributed by atoms with E-state index in [2.05, 4.69) is 47.0 Å². The summed E-state index contributed by atoms with van der Waals surface area (Å²) in [5.74, 6) is 1.95. The summed E-state index contributed by atoms with van der Waals surface area (Å²) in [7, 11) is 2.08. The molecule has 18 heavy (non-hydrogen) atoms. The van der Waals surface area contributed by atoms with E-state index in [1.807, 2.05) is 0 Å². The van der Waals surface area contributed by atoms with Crippen molar-refractivity contribution in [1.82, 2.24) is 14.9 Å². The molecule has 1 aromatic heterocycles. The van der Waals surface area contributed by atoms with E-state index in [4.69, 9.17) is 0 Å². The van der Waals surface area contributed by atoms with Crippen LogP contribution in [0.25, 0.3) is 11.0 Å². The molecule has 0 bridgehead atoms. The molecule has 1 aliphatic heterocycles. The van der Waals surface area contributed by atoms with E-state index in [1.54, 1.807) is 0 Å². The molecular weight excluding hydrogens is 222 g/mol. The third kappa shape index (κ3) is 2.15. The number of nitrogens with zero attached hydrogens (tertiary/aromatic N) is 2. The quantitative estimate of drug-likeness (QED) is 0.897. The van der Waals surface area contributed by atoms with Crippen molar-refractivity contribution in [2.24, 2.45) is 13.0 Å². The minimum absolute atomic E-state index is 0.867. The van der Waals surface area contributed by atoms with E-state index in [-0.39, 0.29) is 0 Å². The lowest BCUT2D eigenvalue weighted by Crippen LogP contribution is -2.09. The van der Waals surface area contributed by atoms with Gasteiger partial charge in [0.25, 0.3) is 0 Å². The van der Waals surface area contributed by atoms with Crippen LogP contribution in [0.15, 0.2) is 18.2 Å². The second-order valence-electron chi connectivity index (χ2n) is 5.44. The molecule has 3 nitrogen and oxygen atoms in total. The average Bonchev–Trinajstić information content (AvgIpc) is 2.97. The number of aromatic nitrogens is 2. The number of fused-ring (bicyclic) bond motifs is 1. The van der Waals surface area contributed by atoms with Gasteiger partial charge < -0.3 is 9.88 Å². The fourth-order valence-electron chi connectivity index (χ4n) is 2.85. The molecule has 1 saturated heterocycles. The molecule has 3 rings (SSSR count). The molecule has 0 spiro atoms. The van der Waals surface area contributed by atoms with E-state index in [0.29, 0.717) is 0 Å². The maximum Gasteiger partial charge on any atom is 0.106 e. The van der Waals surface area contributed by atoms with Gasteiger partial charge in [0, 0.05) is 7.05 Å². The number of aryl methyl sites for hydroxylation is 3.